The molecule has 0 aliphatic heterocycles. The molecule has 0 fully saturated rings. The minimum atomic E-state index is -0.252. The number of benzene rings is 1. The number of rotatable bonds is 4. The van der Waals surface area contributed by atoms with Crippen molar-refractivity contribution in [3.8, 4) is 5.75 Å². The molecule has 0 saturated carbocycles. The molecular formula is C14H16N2O3. The van der Waals surface area contributed by atoms with Crippen LogP contribution >= 0.6 is 0 Å². The van der Waals surface area contributed by atoms with E-state index in [0.29, 0.717) is 29.3 Å². The summed E-state index contributed by atoms with van der Waals surface area (Å²) in [6.45, 7) is 2.18. The number of methoxy groups -OCH3 is 1. The number of nitrogen functional groups attached to an aromatic ring is 1. The van der Waals surface area contributed by atoms with Crippen LogP contribution in [0, 0.1) is 6.92 Å². The summed E-state index contributed by atoms with van der Waals surface area (Å²) >= 11 is 0. The highest BCUT2D eigenvalue weighted by molar-refractivity contribution is 5.97. The van der Waals surface area contributed by atoms with E-state index in [1.165, 1.54) is 7.11 Å². The van der Waals surface area contributed by atoms with Crippen molar-refractivity contribution in [2.75, 3.05) is 12.8 Å². The summed E-state index contributed by atoms with van der Waals surface area (Å²) < 4.78 is 10.5. The van der Waals surface area contributed by atoms with Gasteiger partial charge in [0.2, 0.25) is 0 Å². The number of hydrogen-bond acceptors (Lipinski definition) is 4. The maximum Gasteiger partial charge on any atom is 0.255 e. The van der Waals surface area contributed by atoms with E-state index in [9.17, 15) is 4.79 Å². The van der Waals surface area contributed by atoms with E-state index in [-0.39, 0.29) is 5.91 Å². The highest BCUT2D eigenvalue weighted by atomic mass is 16.5. The third-order valence-corrected chi connectivity index (χ3v) is 2.69. The van der Waals surface area contributed by atoms with Crippen molar-refractivity contribution >= 4 is 11.6 Å². The zero-order valence-corrected chi connectivity index (χ0v) is 10.9. The van der Waals surface area contributed by atoms with Crippen molar-refractivity contribution in [1.82, 2.24) is 5.32 Å². The van der Waals surface area contributed by atoms with E-state index in [1.807, 2.05) is 19.1 Å². The molecule has 1 heterocycles. The molecule has 1 amide bonds. The maximum atomic E-state index is 12.1. The molecule has 5 heteroatoms. The molecule has 2 aromatic rings. The second-order valence-corrected chi connectivity index (χ2v) is 4.15. The smallest absolute Gasteiger partial charge is 0.255 e. The Morgan fingerprint density at radius 3 is 2.79 bits per heavy atom. The van der Waals surface area contributed by atoms with Crippen molar-refractivity contribution in [1.29, 1.82) is 0 Å². The van der Waals surface area contributed by atoms with Gasteiger partial charge < -0.3 is 20.2 Å². The van der Waals surface area contributed by atoms with E-state index >= 15 is 0 Å². The van der Waals surface area contributed by atoms with Crippen molar-refractivity contribution in [3.63, 3.8) is 0 Å². The molecule has 0 aliphatic rings. The van der Waals surface area contributed by atoms with E-state index in [1.54, 1.807) is 18.2 Å². The van der Waals surface area contributed by atoms with Crippen LogP contribution < -0.4 is 15.8 Å². The Kier molecular flexibility index (Phi) is 3.75. The molecule has 0 saturated heterocycles. The van der Waals surface area contributed by atoms with Crippen LogP contribution in [0.25, 0.3) is 0 Å². The molecule has 19 heavy (non-hydrogen) atoms. The minimum absolute atomic E-state index is 0.252. The lowest BCUT2D eigenvalue weighted by Crippen LogP contribution is -2.23. The Morgan fingerprint density at radius 2 is 2.16 bits per heavy atom. The van der Waals surface area contributed by atoms with Gasteiger partial charge in [0.15, 0.2) is 0 Å². The third-order valence-electron chi connectivity index (χ3n) is 2.69. The first-order valence-corrected chi connectivity index (χ1v) is 5.87. The monoisotopic (exact) mass is 260 g/mol. The number of furan rings is 1. The summed E-state index contributed by atoms with van der Waals surface area (Å²) in [7, 11) is 1.51. The zero-order chi connectivity index (χ0) is 13.8. The van der Waals surface area contributed by atoms with Crippen molar-refractivity contribution in [2.24, 2.45) is 0 Å². The predicted molar refractivity (Wildman–Crippen MR) is 72.0 cm³/mol. The topological polar surface area (TPSA) is 77.5 Å². The van der Waals surface area contributed by atoms with Crippen LogP contribution in [0.3, 0.4) is 0 Å². The average Bonchev–Trinajstić information content (AvgIpc) is 2.81. The van der Waals surface area contributed by atoms with Crippen LogP contribution in [0.5, 0.6) is 5.75 Å². The molecule has 0 radical (unpaired) electrons. The number of ether oxygens (including phenoxy) is 1. The first-order chi connectivity index (χ1) is 9.10. The second kappa shape index (κ2) is 5.48. The van der Waals surface area contributed by atoms with Gasteiger partial charge in [-0.05, 0) is 37.3 Å². The highest BCUT2D eigenvalue weighted by Crippen LogP contribution is 2.21. The van der Waals surface area contributed by atoms with Crippen LogP contribution in [0.15, 0.2) is 34.7 Å². The fourth-order valence-electron chi connectivity index (χ4n) is 1.75. The van der Waals surface area contributed by atoms with Crippen LogP contribution in [-0.4, -0.2) is 13.0 Å². The lowest BCUT2D eigenvalue weighted by atomic mass is 10.1. The maximum absolute atomic E-state index is 12.1. The number of nitrogens with one attached hydrogen (secondary N) is 1. The Balaban J connectivity index is 2.09. The van der Waals surface area contributed by atoms with Gasteiger partial charge in [0.05, 0.1) is 19.2 Å². The fourth-order valence-corrected chi connectivity index (χ4v) is 1.75. The molecule has 0 atom stereocenters. The van der Waals surface area contributed by atoms with Gasteiger partial charge >= 0.3 is 0 Å². The number of carbonyl (C=O) groups is 1. The summed E-state index contributed by atoms with van der Waals surface area (Å²) in [6, 6.07) is 8.61. The number of anilines is 1. The number of hydrogen-bond donors (Lipinski definition) is 2. The first-order valence-electron chi connectivity index (χ1n) is 5.87. The van der Waals surface area contributed by atoms with Crippen LogP contribution in [0.1, 0.15) is 21.9 Å². The number of amides is 1. The van der Waals surface area contributed by atoms with Gasteiger partial charge in [0.1, 0.15) is 17.3 Å². The standard InChI is InChI=1S/C14H16N2O3/c1-9-3-5-11(19-9)8-16-14(17)12-7-10(15)4-6-13(12)18-2/h3-7H,8,15H2,1-2H3,(H,16,17). The Bertz CT molecular complexity index is 590. The van der Waals surface area contributed by atoms with E-state index in [2.05, 4.69) is 5.32 Å². The van der Waals surface area contributed by atoms with E-state index < -0.39 is 0 Å². The molecule has 3 N–H and O–H groups in total. The highest BCUT2D eigenvalue weighted by Gasteiger charge is 2.12. The molecule has 100 valence electrons. The largest absolute Gasteiger partial charge is 0.496 e. The fraction of sp³-hybridized carbons (Fsp3) is 0.214. The Morgan fingerprint density at radius 1 is 1.37 bits per heavy atom. The summed E-state index contributed by atoms with van der Waals surface area (Å²) in [6.07, 6.45) is 0. The minimum Gasteiger partial charge on any atom is -0.496 e. The molecular weight excluding hydrogens is 244 g/mol. The first kappa shape index (κ1) is 13.0. The zero-order valence-electron chi connectivity index (χ0n) is 10.9. The number of carbonyl (C=O) groups excluding carboxylic acids is 1. The molecule has 0 aliphatic carbocycles. The summed E-state index contributed by atoms with van der Waals surface area (Å²) in [4.78, 5) is 12.1. The molecule has 1 aromatic heterocycles. The van der Waals surface area contributed by atoms with Gasteiger partial charge in [0.25, 0.3) is 5.91 Å². The lowest BCUT2D eigenvalue weighted by molar-refractivity contribution is 0.0945. The molecule has 0 spiro atoms. The SMILES string of the molecule is COc1ccc(N)cc1C(=O)NCc1ccc(C)o1. The van der Waals surface area contributed by atoms with Gasteiger partial charge in [-0.25, -0.2) is 0 Å². The average molecular weight is 260 g/mol. The molecule has 2 rings (SSSR count). The van der Waals surface area contributed by atoms with Crippen molar-refractivity contribution in [3.05, 3.63) is 47.4 Å². The van der Waals surface area contributed by atoms with Gasteiger partial charge in [-0.2, -0.15) is 0 Å². The quantitative estimate of drug-likeness (QED) is 0.825. The van der Waals surface area contributed by atoms with Gasteiger partial charge in [-0.15, -0.1) is 0 Å². The lowest BCUT2D eigenvalue weighted by Gasteiger charge is -2.09. The third kappa shape index (κ3) is 3.07. The molecule has 0 unspecified atom stereocenters. The summed E-state index contributed by atoms with van der Waals surface area (Å²) in [5.74, 6) is 1.75. The Labute approximate surface area is 111 Å². The number of nitrogens with two attached hydrogens (primary N) is 1. The van der Waals surface area contributed by atoms with Crippen LogP contribution in [-0.2, 0) is 6.54 Å². The number of aryl methyl sites for hydroxylation is 1. The molecule has 1 aromatic carbocycles. The predicted octanol–water partition coefficient (Wildman–Crippen LogP) is 2.11. The van der Waals surface area contributed by atoms with Crippen LogP contribution in [0.4, 0.5) is 5.69 Å². The van der Waals surface area contributed by atoms with Gasteiger partial charge in [0, 0.05) is 5.69 Å². The van der Waals surface area contributed by atoms with E-state index in [0.717, 1.165) is 5.76 Å². The van der Waals surface area contributed by atoms with Crippen molar-refractivity contribution < 1.29 is 13.9 Å². The Hall–Kier alpha value is -2.43. The normalized spacial score (nSPS) is 10.2. The van der Waals surface area contributed by atoms with Gasteiger partial charge in [-0.3, -0.25) is 4.79 Å². The van der Waals surface area contributed by atoms with Crippen LogP contribution in [0.2, 0.25) is 0 Å². The summed E-state index contributed by atoms with van der Waals surface area (Å²) in [5, 5.41) is 2.76. The van der Waals surface area contributed by atoms with Crippen molar-refractivity contribution in [2.45, 2.75) is 13.5 Å². The molecule has 5 nitrogen and oxygen atoms in total. The van der Waals surface area contributed by atoms with Gasteiger partial charge in [-0.1, -0.05) is 0 Å². The molecule has 0 bridgehead atoms. The van der Waals surface area contributed by atoms with E-state index in [4.69, 9.17) is 14.9 Å². The summed E-state index contributed by atoms with van der Waals surface area (Å²) in [5.41, 5.74) is 6.60. The second-order valence-electron chi connectivity index (χ2n) is 4.15.